The van der Waals surface area contributed by atoms with Gasteiger partial charge in [0.2, 0.25) is 0 Å². The summed E-state index contributed by atoms with van der Waals surface area (Å²) in [6, 6.07) is 10.0. The molecule has 0 saturated carbocycles. The number of carbonyl (C=O) groups is 1. The van der Waals surface area contributed by atoms with Crippen LogP contribution in [0.5, 0.6) is 5.75 Å². The van der Waals surface area contributed by atoms with Crippen molar-refractivity contribution in [3.05, 3.63) is 48.5 Å². The number of rotatable bonds is 8. The SMILES string of the molecule is CN1CCN(CCCOc2ccc3c(C4CCN(C(=O)Nc5ccc(N6CCCC6)nc5)CC4)ncnc3c2)CC1. The second kappa shape index (κ2) is 13.0. The number of piperidine rings is 1. The molecule has 0 radical (unpaired) electrons. The summed E-state index contributed by atoms with van der Waals surface area (Å²) < 4.78 is 6.08. The molecule has 0 unspecified atom stereocenters. The van der Waals surface area contributed by atoms with E-state index in [-0.39, 0.29) is 6.03 Å². The van der Waals surface area contributed by atoms with Crippen molar-refractivity contribution in [2.45, 2.75) is 38.0 Å². The average Bonchev–Trinajstić information content (AvgIpc) is 3.56. The minimum Gasteiger partial charge on any atom is -0.493 e. The van der Waals surface area contributed by atoms with E-state index in [1.807, 2.05) is 29.2 Å². The number of urea groups is 1. The molecule has 2 amide bonds. The summed E-state index contributed by atoms with van der Waals surface area (Å²) in [7, 11) is 2.19. The Kier molecular flexibility index (Phi) is 8.77. The van der Waals surface area contributed by atoms with Gasteiger partial charge in [-0.2, -0.15) is 0 Å². The van der Waals surface area contributed by atoms with Gasteiger partial charge in [0.15, 0.2) is 0 Å². The quantitative estimate of drug-likeness (QED) is 0.414. The van der Waals surface area contributed by atoms with Crippen molar-refractivity contribution in [1.29, 1.82) is 0 Å². The molecule has 3 aromatic rings. The Balaban J connectivity index is 0.989. The number of aromatic nitrogens is 3. The number of pyridine rings is 1. The number of piperazine rings is 1. The van der Waals surface area contributed by atoms with E-state index in [2.05, 4.69) is 48.1 Å². The van der Waals surface area contributed by atoms with Crippen LogP contribution in [0.3, 0.4) is 0 Å². The second-order valence-corrected chi connectivity index (χ2v) is 11.6. The van der Waals surface area contributed by atoms with Crippen LogP contribution in [0.1, 0.15) is 43.7 Å². The Hall–Kier alpha value is -3.50. The van der Waals surface area contributed by atoms with Crippen LogP contribution < -0.4 is 15.0 Å². The van der Waals surface area contributed by atoms with Crippen molar-refractivity contribution in [2.24, 2.45) is 0 Å². The third-order valence-electron chi connectivity index (χ3n) is 8.72. The van der Waals surface area contributed by atoms with Crippen molar-refractivity contribution in [3.63, 3.8) is 0 Å². The third kappa shape index (κ3) is 6.87. The number of anilines is 2. The summed E-state index contributed by atoms with van der Waals surface area (Å²) in [5.41, 5.74) is 2.72. The van der Waals surface area contributed by atoms with Gasteiger partial charge in [-0.1, -0.05) is 0 Å². The highest BCUT2D eigenvalue weighted by atomic mass is 16.5. The molecule has 2 aromatic heterocycles. The molecule has 10 heteroatoms. The smallest absolute Gasteiger partial charge is 0.321 e. The van der Waals surface area contributed by atoms with Crippen LogP contribution in [0.2, 0.25) is 0 Å². The molecule has 3 saturated heterocycles. The molecule has 3 aliphatic heterocycles. The maximum Gasteiger partial charge on any atom is 0.321 e. The molecule has 1 aromatic carbocycles. The van der Waals surface area contributed by atoms with Crippen LogP contribution in [0.4, 0.5) is 16.3 Å². The first-order valence-corrected chi connectivity index (χ1v) is 15.2. The molecule has 1 N–H and O–H groups in total. The highest BCUT2D eigenvalue weighted by Gasteiger charge is 2.26. The van der Waals surface area contributed by atoms with Crippen molar-refractivity contribution >= 4 is 28.4 Å². The van der Waals surface area contributed by atoms with Crippen molar-refractivity contribution < 1.29 is 9.53 Å². The van der Waals surface area contributed by atoms with Gasteiger partial charge in [0.05, 0.1) is 29.7 Å². The van der Waals surface area contributed by atoms with Crippen LogP contribution in [0.15, 0.2) is 42.9 Å². The van der Waals surface area contributed by atoms with Gasteiger partial charge < -0.3 is 29.7 Å². The molecule has 5 heterocycles. The van der Waals surface area contributed by atoms with Gasteiger partial charge in [0.25, 0.3) is 0 Å². The van der Waals surface area contributed by atoms with Gasteiger partial charge >= 0.3 is 6.03 Å². The third-order valence-corrected chi connectivity index (χ3v) is 8.72. The van der Waals surface area contributed by atoms with Crippen LogP contribution in [0.25, 0.3) is 10.9 Å². The Bertz CT molecular complexity index is 1300. The molecule has 0 bridgehead atoms. The lowest BCUT2D eigenvalue weighted by molar-refractivity contribution is 0.145. The van der Waals surface area contributed by atoms with E-state index >= 15 is 0 Å². The highest BCUT2D eigenvalue weighted by molar-refractivity contribution is 5.89. The molecule has 10 nitrogen and oxygen atoms in total. The normalized spacial score (nSPS) is 19.1. The summed E-state index contributed by atoms with van der Waals surface area (Å²) in [6.45, 7) is 9.84. The summed E-state index contributed by atoms with van der Waals surface area (Å²) in [6.07, 6.45) is 8.61. The predicted molar refractivity (Wildman–Crippen MR) is 162 cm³/mol. The van der Waals surface area contributed by atoms with Crippen LogP contribution >= 0.6 is 0 Å². The molecule has 0 aliphatic carbocycles. The first-order chi connectivity index (χ1) is 20.1. The number of hydrogen-bond acceptors (Lipinski definition) is 8. The number of nitrogens with zero attached hydrogens (tertiary/aromatic N) is 7. The van der Waals surface area contributed by atoms with Gasteiger partial charge in [-0.3, -0.25) is 0 Å². The van der Waals surface area contributed by atoms with Crippen LogP contribution in [-0.4, -0.2) is 108 Å². The fourth-order valence-corrected chi connectivity index (χ4v) is 6.17. The minimum atomic E-state index is -0.0684. The Labute approximate surface area is 242 Å². The fraction of sp³-hybridized carbons (Fsp3) is 0.548. The summed E-state index contributed by atoms with van der Waals surface area (Å²) >= 11 is 0. The van der Waals surface area contributed by atoms with Crippen LogP contribution in [-0.2, 0) is 0 Å². The second-order valence-electron chi connectivity index (χ2n) is 11.6. The zero-order valence-electron chi connectivity index (χ0n) is 24.2. The number of amides is 2. The van der Waals surface area contributed by atoms with E-state index in [0.29, 0.717) is 25.6 Å². The minimum absolute atomic E-state index is 0.0684. The number of benzene rings is 1. The first kappa shape index (κ1) is 27.7. The first-order valence-electron chi connectivity index (χ1n) is 15.2. The molecule has 3 fully saturated rings. The highest BCUT2D eigenvalue weighted by Crippen LogP contribution is 2.32. The lowest BCUT2D eigenvalue weighted by Crippen LogP contribution is -2.44. The van der Waals surface area contributed by atoms with E-state index in [1.54, 1.807) is 12.5 Å². The summed E-state index contributed by atoms with van der Waals surface area (Å²) in [5.74, 6) is 2.13. The Morgan fingerprint density at radius 3 is 2.51 bits per heavy atom. The number of fused-ring (bicyclic) bond motifs is 1. The molecule has 6 rings (SSSR count). The maximum atomic E-state index is 12.9. The molecular weight excluding hydrogens is 516 g/mol. The molecular formula is C31H42N8O2. The Morgan fingerprint density at radius 2 is 1.76 bits per heavy atom. The molecule has 41 heavy (non-hydrogen) atoms. The van der Waals surface area contributed by atoms with E-state index in [4.69, 9.17) is 4.74 Å². The number of nitrogens with one attached hydrogen (secondary N) is 1. The van der Waals surface area contributed by atoms with E-state index in [0.717, 1.165) is 98.9 Å². The lowest BCUT2D eigenvalue weighted by atomic mass is 9.91. The number of ether oxygens (including phenoxy) is 1. The molecule has 3 aliphatic rings. The summed E-state index contributed by atoms with van der Waals surface area (Å²) in [4.78, 5) is 35.8. The Morgan fingerprint density at radius 1 is 0.951 bits per heavy atom. The monoisotopic (exact) mass is 558 g/mol. The summed E-state index contributed by atoms with van der Waals surface area (Å²) in [5, 5.41) is 4.10. The fourth-order valence-electron chi connectivity index (χ4n) is 6.17. The van der Waals surface area contributed by atoms with Crippen molar-refractivity contribution in [3.8, 4) is 5.75 Å². The largest absolute Gasteiger partial charge is 0.493 e. The number of likely N-dealkylation sites (N-methyl/N-ethyl adjacent to an activating group) is 1. The number of carbonyl (C=O) groups excluding carboxylic acids is 1. The zero-order chi connectivity index (χ0) is 28.0. The predicted octanol–water partition coefficient (Wildman–Crippen LogP) is 4.05. The topological polar surface area (TPSA) is 90.0 Å². The van der Waals surface area contributed by atoms with Gasteiger partial charge in [-0.05, 0) is 63.4 Å². The maximum absolute atomic E-state index is 12.9. The van der Waals surface area contributed by atoms with Gasteiger partial charge in [-0.15, -0.1) is 0 Å². The van der Waals surface area contributed by atoms with E-state index < -0.39 is 0 Å². The lowest BCUT2D eigenvalue weighted by Gasteiger charge is -2.32. The molecule has 218 valence electrons. The van der Waals surface area contributed by atoms with Crippen molar-refractivity contribution in [1.82, 2.24) is 29.7 Å². The number of likely N-dealkylation sites (tertiary alicyclic amines) is 1. The molecule has 0 atom stereocenters. The van der Waals surface area contributed by atoms with E-state index in [1.165, 1.54) is 12.8 Å². The van der Waals surface area contributed by atoms with Gasteiger partial charge in [0, 0.05) is 76.3 Å². The van der Waals surface area contributed by atoms with Gasteiger partial charge in [-0.25, -0.2) is 19.7 Å². The molecule has 0 spiro atoms. The van der Waals surface area contributed by atoms with E-state index in [9.17, 15) is 4.79 Å². The zero-order valence-corrected chi connectivity index (χ0v) is 24.2. The number of hydrogen-bond donors (Lipinski definition) is 1. The van der Waals surface area contributed by atoms with Crippen LogP contribution in [0, 0.1) is 0 Å². The average molecular weight is 559 g/mol. The standard InChI is InChI=1S/C31H42N8O2/c1-36-16-18-37(19-17-36)11-4-20-41-26-6-7-27-28(21-26)33-23-34-30(27)24-9-14-39(15-10-24)31(40)35-25-5-8-29(32-22-25)38-12-2-3-13-38/h5-8,21-24H,2-4,9-20H2,1H3,(H,35,40). The van der Waals surface area contributed by atoms with Crippen molar-refractivity contribution in [2.75, 3.05) is 82.8 Å². The van der Waals surface area contributed by atoms with Gasteiger partial charge in [0.1, 0.15) is 17.9 Å².